The van der Waals surface area contributed by atoms with Crippen molar-refractivity contribution in [1.29, 1.82) is 0 Å². The highest BCUT2D eigenvalue weighted by Crippen LogP contribution is 2.11. The zero-order chi connectivity index (χ0) is 19.5. The van der Waals surface area contributed by atoms with Crippen molar-refractivity contribution in [3.05, 3.63) is 65.7 Å². The molecule has 0 saturated carbocycles. The predicted octanol–water partition coefficient (Wildman–Crippen LogP) is 4.75. The van der Waals surface area contributed by atoms with Crippen LogP contribution in [0.25, 0.3) is 0 Å². The van der Waals surface area contributed by atoms with Crippen LogP contribution >= 0.6 is 0 Å². The van der Waals surface area contributed by atoms with Crippen molar-refractivity contribution in [2.45, 2.75) is 46.0 Å². The lowest BCUT2D eigenvalue weighted by molar-refractivity contribution is -0.116. The number of nitrogens with one attached hydrogen (secondary N) is 2. The maximum absolute atomic E-state index is 12.4. The first-order valence-electron chi connectivity index (χ1n) is 9.46. The van der Waals surface area contributed by atoms with Gasteiger partial charge in [-0.2, -0.15) is 5.10 Å². The molecule has 142 valence electrons. The van der Waals surface area contributed by atoms with Gasteiger partial charge in [0.05, 0.1) is 5.71 Å². The second-order valence-electron chi connectivity index (χ2n) is 6.34. The van der Waals surface area contributed by atoms with Crippen LogP contribution in [-0.4, -0.2) is 17.5 Å². The molecule has 2 N–H and O–H groups in total. The van der Waals surface area contributed by atoms with Crippen LogP contribution in [-0.2, 0) is 4.79 Å². The SMILES string of the molecule is CCCCC(=NNC(=O)c1ccc(NC(=O)CCC)cc1)c1ccccc1. The number of amides is 2. The molecule has 27 heavy (non-hydrogen) atoms. The van der Waals surface area contributed by atoms with E-state index in [0.717, 1.165) is 37.0 Å². The topological polar surface area (TPSA) is 70.6 Å². The molecule has 2 aromatic rings. The van der Waals surface area contributed by atoms with Crippen molar-refractivity contribution in [2.75, 3.05) is 5.32 Å². The van der Waals surface area contributed by atoms with E-state index in [1.807, 2.05) is 37.3 Å². The molecule has 5 heteroatoms. The first-order chi connectivity index (χ1) is 13.1. The van der Waals surface area contributed by atoms with Crippen LogP contribution in [0.2, 0.25) is 0 Å². The number of nitrogens with zero attached hydrogens (tertiary/aromatic N) is 1. The molecule has 0 aliphatic rings. The van der Waals surface area contributed by atoms with Crippen LogP contribution in [0.3, 0.4) is 0 Å². The highest BCUT2D eigenvalue weighted by molar-refractivity contribution is 6.02. The normalized spacial score (nSPS) is 11.1. The molecule has 0 aliphatic carbocycles. The smallest absolute Gasteiger partial charge is 0.271 e. The number of hydrogen-bond donors (Lipinski definition) is 2. The van der Waals surface area contributed by atoms with E-state index in [1.165, 1.54) is 0 Å². The maximum atomic E-state index is 12.4. The Kier molecular flexibility index (Phi) is 8.23. The molecule has 2 rings (SSSR count). The van der Waals surface area contributed by atoms with Gasteiger partial charge in [0.1, 0.15) is 0 Å². The second kappa shape index (κ2) is 10.9. The Labute approximate surface area is 160 Å². The molecule has 0 saturated heterocycles. The lowest BCUT2D eigenvalue weighted by atomic mass is 10.1. The van der Waals surface area contributed by atoms with E-state index in [2.05, 4.69) is 22.8 Å². The lowest BCUT2D eigenvalue weighted by Crippen LogP contribution is -2.20. The van der Waals surface area contributed by atoms with E-state index in [9.17, 15) is 9.59 Å². The first kappa shape index (κ1) is 20.4. The Bertz CT molecular complexity index is 768. The zero-order valence-electron chi connectivity index (χ0n) is 16.0. The molecule has 0 spiro atoms. The van der Waals surface area contributed by atoms with Crippen molar-refractivity contribution < 1.29 is 9.59 Å². The average molecular weight is 365 g/mol. The standard InChI is InChI=1S/C22H27N3O2/c1-3-5-12-20(17-10-7-6-8-11-17)24-25-22(27)18-13-15-19(16-14-18)23-21(26)9-4-2/h6-8,10-11,13-16H,3-5,9,12H2,1-2H3,(H,23,26)(H,25,27). The third kappa shape index (κ3) is 6.70. The quantitative estimate of drug-likeness (QED) is 0.497. The maximum Gasteiger partial charge on any atom is 0.271 e. The van der Waals surface area contributed by atoms with Crippen LogP contribution in [0.15, 0.2) is 59.7 Å². The molecule has 0 heterocycles. The van der Waals surface area contributed by atoms with Gasteiger partial charge in [-0.05, 0) is 49.1 Å². The average Bonchev–Trinajstić information content (AvgIpc) is 2.69. The van der Waals surface area contributed by atoms with Gasteiger partial charge in [-0.25, -0.2) is 5.43 Å². The molecule has 0 aromatic heterocycles. The Morgan fingerprint density at radius 3 is 2.19 bits per heavy atom. The third-order valence-corrected chi connectivity index (χ3v) is 4.07. The Morgan fingerprint density at radius 2 is 1.56 bits per heavy atom. The summed E-state index contributed by atoms with van der Waals surface area (Å²) in [6.45, 7) is 4.08. The minimum absolute atomic E-state index is 0.0253. The number of anilines is 1. The second-order valence-corrected chi connectivity index (χ2v) is 6.34. The predicted molar refractivity (Wildman–Crippen MR) is 110 cm³/mol. The largest absolute Gasteiger partial charge is 0.326 e. The van der Waals surface area contributed by atoms with E-state index in [1.54, 1.807) is 24.3 Å². The van der Waals surface area contributed by atoms with Crippen molar-refractivity contribution in [3.8, 4) is 0 Å². The Balaban J connectivity index is 2.03. The highest BCUT2D eigenvalue weighted by atomic mass is 16.2. The van der Waals surface area contributed by atoms with Crippen LogP contribution in [0.1, 0.15) is 61.9 Å². The molecule has 0 aliphatic heterocycles. The highest BCUT2D eigenvalue weighted by Gasteiger charge is 2.08. The van der Waals surface area contributed by atoms with Gasteiger partial charge < -0.3 is 5.32 Å². The van der Waals surface area contributed by atoms with Crippen molar-refractivity contribution >= 4 is 23.2 Å². The van der Waals surface area contributed by atoms with Crippen molar-refractivity contribution in [3.63, 3.8) is 0 Å². The van der Waals surface area contributed by atoms with Crippen molar-refractivity contribution in [1.82, 2.24) is 5.43 Å². The van der Waals surface area contributed by atoms with Crippen LogP contribution < -0.4 is 10.7 Å². The number of hydrazone groups is 1. The molecular weight excluding hydrogens is 338 g/mol. The van der Waals surface area contributed by atoms with Crippen LogP contribution in [0, 0.1) is 0 Å². The Morgan fingerprint density at radius 1 is 0.852 bits per heavy atom. The monoisotopic (exact) mass is 365 g/mol. The number of carbonyl (C=O) groups excluding carboxylic acids is 2. The molecule has 2 aromatic carbocycles. The Hall–Kier alpha value is -2.95. The summed E-state index contributed by atoms with van der Waals surface area (Å²) >= 11 is 0. The summed E-state index contributed by atoms with van der Waals surface area (Å²) in [5, 5.41) is 7.16. The molecule has 0 radical (unpaired) electrons. The summed E-state index contributed by atoms with van der Waals surface area (Å²) in [7, 11) is 0. The lowest BCUT2D eigenvalue weighted by Gasteiger charge is -2.08. The molecule has 0 bridgehead atoms. The molecule has 0 unspecified atom stereocenters. The summed E-state index contributed by atoms with van der Waals surface area (Å²) in [4.78, 5) is 24.0. The summed E-state index contributed by atoms with van der Waals surface area (Å²) < 4.78 is 0. The summed E-state index contributed by atoms with van der Waals surface area (Å²) in [5.74, 6) is -0.297. The first-order valence-corrected chi connectivity index (χ1v) is 9.46. The molecule has 5 nitrogen and oxygen atoms in total. The van der Waals surface area contributed by atoms with Gasteiger partial charge in [-0.3, -0.25) is 9.59 Å². The number of hydrogen-bond acceptors (Lipinski definition) is 3. The van der Waals surface area contributed by atoms with Gasteiger partial charge >= 0.3 is 0 Å². The zero-order valence-corrected chi connectivity index (χ0v) is 16.0. The minimum atomic E-state index is -0.272. The van der Waals surface area contributed by atoms with E-state index >= 15 is 0 Å². The van der Waals surface area contributed by atoms with Gasteiger partial charge in [0.25, 0.3) is 5.91 Å². The molecule has 0 atom stereocenters. The fraction of sp³-hybridized carbons (Fsp3) is 0.318. The van der Waals surface area contributed by atoms with Gasteiger partial charge in [0.15, 0.2) is 0 Å². The van der Waals surface area contributed by atoms with E-state index < -0.39 is 0 Å². The van der Waals surface area contributed by atoms with Crippen LogP contribution in [0.4, 0.5) is 5.69 Å². The fourth-order valence-electron chi connectivity index (χ4n) is 2.58. The third-order valence-electron chi connectivity index (χ3n) is 4.07. The summed E-state index contributed by atoms with van der Waals surface area (Å²) in [5.41, 5.74) is 5.71. The van der Waals surface area contributed by atoms with Gasteiger partial charge in [0, 0.05) is 17.7 Å². The molecule has 0 fully saturated rings. The van der Waals surface area contributed by atoms with Gasteiger partial charge in [-0.15, -0.1) is 0 Å². The number of rotatable bonds is 9. The van der Waals surface area contributed by atoms with Gasteiger partial charge in [-0.1, -0.05) is 50.6 Å². The van der Waals surface area contributed by atoms with Crippen LogP contribution in [0.5, 0.6) is 0 Å². The van der Waals surface area contributed by atoms with E-state index in [0.29, 0.717) is 17.7 Å². The molecule has 2 amide bonds. The number of benzene rings is 2. The van der Waals surface area contributed by atoms with E-state index in [4.69, 9.17) is 0 Å². The van der Waals surface area contributed by atoms with E-state index in [-0.39, 0.29) is 11.8 Å². The number of unbranched alkanes of at least 4 members (excludes halogenated alkanes) is 1. The fourth-order valence-corrected chi connectivity index (χ4v) is 2.58. The summed E-state index contributed by atoms with van der Waals surface area (Å²) in [6.07, 6.45) is 4.16. The number of carbonyl (C=O) groups is 2. The van der Waals surface area contributed by atoms with Crippen molar-refractivity contribution in [2.24, 2.45) is 5.10 Å². The molecular formula is C22H27N3O2. The van der Waals surface area contributed by atoms with Gasteiger partial charge in [0.2, 0.25) is 5.91 Å². The minimum Gasteiger partial charge on any atom is -0.326 e. The summed E-state index contributed by atoms with van der Waals surface area (Å²) in [6, 6.07) is 16.7.